The largest absolute Gasteiger partial charge is 0.497 e. The lowest BCUT2D eigenvalue weighted by atomic mass is 9.83. The quantitative estimate of drug-likeness (QED) is 0.406. The predicted octanol–water partition coefficient (Wildman–Crippen LogP) is 4.41. The van der Waals surface area contributed by atoms with E-state index in [1.807, 2.05) is 54.6 Å². The molecule has 188 valence electrons. The van der Waals surface area contributed by atoms with Crippen LogP contribution in [0.1, 0.15) is 24.4 Å². The lowest BCUT2D eigenvalue weighted by molar-refractivity contribution is -0.125. The third kappa shape index (κ3) is 5.02. The fourth-order valence-electron chi connectivity index (χ4n) is 4.63. The molecule has 2 aromatic carbocycles. The molecule has 2 atom stereocenters. The second-order valence-corrected chi connectivity index (χ2v) is 8.67. The zero-order chi connectivity index (χ0) is 25.8. The molecule has 1 fully saturated rings. The van der Waals surface area contributed by atoms with Crippen LogP contribution in [0.4, 0.5) is 11.4 Å². The van der Waals surface area contributed by atoms with E-state index in [4.69, 9.17) is 9.47 Å². The van der Waals surface area contributed by atoms with E-state index in [1.165, 1.54) is 0 Å². The van der Waals surface area contributed by atoms with Crippen LogP contribution in [0.25, 0.3) is 5.82 Å². The molecule has 4 aromatic rings. The van der Waals surface area contributed by atoms with E-state index in [-0.39, 0.29) is 18.2 Å². The summed E-state index contributed by atoms with van der Waals surface area (Å²) in [7, 11) is 3.20. The van der Waals surface area contributed by atoms with Gasteiger partial charge in [-0.15, -0.1) is 0 Å². The van der Waals surface area contributed by atoms with Crippen LogP contribution in [0.2, 0.25) is 0 Å². The number of aromatic nitrogens is 3. The molecule has 2 aromatic heterocycles. The molecule has 2 amide bonds. The number of hydrogen-bond acceptors (Lipinski definition) is 6. The maximum Gasteiger partial charge on any atom is 0.229 e. The molecule has 0 bridgehead atoms. The summed E-state index contributed by atoms with van der Waals surface area (Å²) in [6.45, 7) is 0. The summed E-state index contributed by atoms with van der Waals surface area (Å²) in [5.41, 5.74) is 2.12. The van der Waals surface area contributed by atoms with Crippen molar-refractivity contribution in [1.29, 1.82) is 0 Å². The van der Waals surface area contributed by atoms with Crippen LogP contribution in [-0.4, -0.2) is 40.8 Å². The Labute approximate surface area is 214 Å². The highest BCUT2D eigenvalue weighted by molar-refractivity contribution is 6.00. The first-order chi connectivity index (χ1) is 18.1. The highest BCUT2D eigenvalue weighted by Crippen LogP contribution is 2.41. The van der Waals surface area contributed by atoms with Gasteiger partial charge in [0.2, 0.25) is 11.8 Å². The van der Waals surface area contributed by atoms with Gasteiger partial charge in [0.1, 0.15) is 11.5 Å². The summed E-state index contributed by atoms with van der Waals surface area (Å²) < 4.78 is 12.2. The monoisotopic (exact) mass is 497 g/mol. The van der Waals surface area contributed by atoms with E-state index in [0.29, 0.717) is 35.1 Å². The fourth-order valence-corrected chi connectivity index (χ4v) is 4.63. The Balaban J connectivity index is 1.46. The topological polar surface area (TPSA) is 98.6 Å². The van der Waals surface area contributed by atoms with E-state index in [2.05, 4.69) is 15.4 Å². The number of pyridine rings is 1. The predicted molar refractivity (Wildman–Crippen MR) is 139 cm³/mol. The van der Waals surface area contributed by atoms with Gasteiger partial charge in [-0.3, -0.25) is 9.59 Å². The van der Waals surface area contributed by atoms with Crippen molar-refractivity contribution in [2.45, 2.75) is 18.9 Å². The summed E-state index contributed by atoms with van der Waals surface area (Å²) in [6.07, 6.45) is 5.76. The summed E-state index contributed by atoms with van der Waals surface area (Å²) in [5, 5.41) is 7.17. The number of carbonyl (C=O) groups is 2. The molecule has 5 rings (SSSR count). The minimum atomic E-state index is -0.503. The highest BCUT2D eigenvalue weighted by Gasteiger charge is 2.41. The third-order valence-electron chi connectivity index (χ3n) is 6.50. The number of nitrogens with zero attached hydrogens (tertiary/aromatic N) is 4. The SMILES string of the molecule is COc1ccc(C2C(C(=O)Nc3ccc(-n4cccn4)nc3)CCC(=O)N2c2ccc(OC)cc2)cc1. The summed E-state index contributed by atoms with van der Waals surface area (Å²) >= 11 is 0. The van der Waals surface area contributed by atoms with Gasteiger partial charge in [-0.25, -0.2) is 9.67 Å². The van der Waals surface area contributed by atoms with Crippen molar-refractivity contribution in [2.24, 2.45) is 5.92 Å². The highest BCUT2D eigenvalue weighted by atomic mass is 16.5. The first-order valence-corrected chi connectivity index (χ1v) is 11.9. The van der Waals surface area contributed by atoms with Crippen LogP contribution in [0.15, 0.2) is 85.3 Å². The number of hydrogen-bond donors (Lipinski definition) is 1. The van der Waals surface area contributed by atoms with E-state index in [1.54, 1.807) is 54.5 Å². The molecule has 1 N–H and O–H groups in total. The molecule has 3 heterocycles. The van der Waals surface area contributed by atoms with Crippen LogP contribution < -0.4 is 19.7 Å². The molecule has 9 nitrogen and oxygen atoms in total. The Hall–Kier alpha value is -4.66. The molecular weight excluding hydrogens is 470 g/mol. The number of amides is 2. The number of piperidine rings is 1. The smallest absolute Gasteiger partial charge is 0.229 e. The molecule has 2 unspecified atom stereocenters. The molecule has 0 saturated carbocycles. The Kier molecular flexibility index (Phi) is 6.85. The van der Waals surface area contributed by atoms with Crippen molar-refractivity contribution in [3.63, 3.8) is 0 Å². The number of benzene rings is 2. The minimum absolute atomic E-state index is 0.0414. The summed E-state index contributed by atoms with van der Waals surface area (Å²) in [6, 6.07) is 19.7. The van der Waals surface area contributed by atoms with E-state index in [0.717, 1.165) is 5.56 Å². The number of nitrogens with one attached hydrogen (secondary N) is 1. The van der Waals surface area contributed by atoms with Gasteiger partial charge in [-0.1, -0.05) is 12.1 Å². The molecule has 9 heteroatoms. The van der Waals surface area contributed by atoms with Crippen LogP contribution >= 0.6 is 0 Å². The van der Waals surface area contributed by atoms with Gasteiger partial charge in [-0.2, -0.15) is 5.10 Å². The summed E-state index contributed by atoms with van der Waals surface area (Å²) in [4.78, 5) is 33.0. The van der Waals surface area contributed by atoms with Crippen molar-refractivity contribution >= 4 is 23.2 Å². The average Bonchev–Trinajstić information content (AvgIpc) is 3.48. The van der Waals surface area contributed by atoms with Crippen LogP contribution in [-0.2, 0) is 9.59 Å². The maximum atomic E-state index is 13.6. The second kappa shape index (κ2) is 10.5. The first-order valence-electron chi connectivity index (χ1n) is 11.9. The number of ether oxygens (including phenoxy) is 2. The van der Waals surface area contributed by atoms with Crippen molar-refractivity contribution in [3.8, 4) is 17.3 Å². The van der Waals surface area contributed by atoms with Crippen LogP contribution in [0, 0.1) is 5.92 Å². The van der Waals surface area contributed by atoms with Crippen molar-refractivity contribution < 1.29 is 19.1 Å². The minimum Gasteiger partial charge on any atom is -0.497 e. The molecule has 1 saturated heterocycles. The normalized spacial score (nSPS) is 17.4. The molecule has 1 aliphatic heterocycles. The van der Waals surface area contributed by atoms with Gasteiger partial charge in [-0.05, 0) is 66.6 Å². The number of anilines is 2. The van der Waals surface area contributed by atoms with E-state index < -0.39 is 12.0 Å². The van der Waals surface area contributed by atoms with Crippen molar-refractivity contribution in [3.05, 3.63) is 90.9 Å². The second-order valence-electron chi connectivity index (χ2n) is 8.67. The molecule has 0 radical (unpaired) electrons. The van der Waals surface area contributed by atoms with Gasteiger partial charge in [0, 0.05) is 24.5 Å². The molecular formula is C28H27N5O4. The van der Waals surface area contributed by atoms with Gasteiger partial charge in [0.25, 0.3) is 0 Å². The fraction of sp³-hybridized carbons (Fsp3) is 0.214. The zero-order valence-electron chi connectivity index (χ0n) is 20.6. The molecule has 0 spiro atoms. The van der Waals surface area contributed by atoms with E-state index >= 15 is 0 Å². The standard InChI is InChI=1S/C28H27N5O4/c1-36-22-9-4-19(5-10-22)27-24(13-15-26(34)33(27)21-7-11-23(37-2)12-8-21)28(35)31-20-6-14-25(29-18-20)32-17-3-16-30-32/h3-12,14,16-18,24,27H,13,15H2,1-2H3,(H,31,35). The lowest BCUT2D eigenvalue weighted by Crippen LogP contribution is -2.47. The molecule has 37 heavy (non-hydrogen) atoms. The third-order valence-corrected chi connectivity index (χ3v) is 6.50. The van der Waals surface area contributed by atoms with Crippen LogP contribution in [0.3, 0.4) is 0 Å². The molecule has 0 aliphatic carbocycles. The first kappa shape index (κ1) is 24.1. The maximum absolute atomic E-state index is 13.6. The number of carbonyl (C=O) groups excluding carboxylic acids is 2. The zero-order valence-corrected chi connectivity index (χ0v) is 20.6. The molecule has 1 aliphatic rings. The van der Waals surface area contributed by atoms with E-state index in [9.17, 15) is 9.59 Å². The van der Waals surface area contributed by atoms with Gasteiger partial charge >= 0.3 is 0 Å². The Morgan fingerprint density at radius 1 is 0.973 bits per heavy atom. The number of methoxy groups -OCH3 is 2. The summed E-state index contributed by atoms with van der Waals surface area (Å²) in [5.74, 6) is 1.33. The van der Waals surface area contributed by atoms with Crippen molar-refractivity contribution in [2.75, 3.05) is 24.4 Å². The van der Waals surface area contributed by atoms with Gasteiger partial charge < -0.3 is 19.7 Å². The Bertz CT molecular complexity index is 1350. The lowest BCUT2D eigenvalue weighted by Gasteiger charge is -2.41. The Morgan fingerprint density at radius 3 is 2.27 bits per heavy atom. The van der Waals surface area contributed by atoms with Gasteiger partial charge in [0.05, 0.1) is 38.1 Å². The Morgan fingerprint density at radius 2 is 1.68 bits per heavy atom. The van der Waals surface area contributed by atoms with Gasteiger partial charge in [0.15, 0.2) is 5.82 Å². The van der Waals surface area contributed by atoms with Crippen molar-refractivity contribution in [1.82, 2.24) is 14.8 Å². The van der Waals surface area contributed by atoms with Crippen LogP contribution in [0.5, 0.6) is 11.5 Å². The average molecular weight is 498 g/mol. The number of rotatable bonds is 7.